The molecule has 4 aromatic rings. The number of aromatic nitrogens is 1. The van der Waals surface area contributed by atoms with E-state index in [0.717, 1.165) is 10.6 Å². The van der Waals surface area contributed by atoms with Gasteiger partial charge in [0.15, 0.2) is 0 Å². The fourth-order valence-electron chi connectivity index (χ4n) is 2.45. The van der Waals surface area contributed by atoms with Crippen LogP contribution in [0.5, 0.6) is 0 Å². The summed E-state index contributed by atoms with van der Waals surface area (Å²) in [7, 11) is 0. The van der Waals surface area contributed by atoms with Crippen molar-refractivity contribution in [3.63, 3.8) is 0 Å². The molecule has 0 aliphatic carbocycles. The van der Waals surface area contributed by atoms with Crippen LogP contribution in [0, 0.1) is 6.07 Å². The molecule has 1 radical (unpaired) electrons. The number of fused-ring (bicyclic) bond motifs is 2. The number of benzene rings is 1. The summed E-state index contributed by atoms with van der Waals surface area (Å²) in [6.07, 6.45) is 2.71. The number of pyridine rings is 1. The van der Waals surface area contributed by atoms with Crippen LogP contribution in [0.15, 0.2) is 59.8 Å². The quantitative estimate of drug-likeness (QED) is 0.241. The zero-order chi connectivity index (χ0) is 17.8. The van der Waals surface area contributed by atoms with E-state index in [0.29, 0.717) is 0 Å². The van der Waals surface area contributed by atoms with Crippen LogP contribution >= 0.6 is 22.7 Å². The van der Waals surface area contributed by atoms with Crippen LogP contribution in [0.25, 0.3) is 30.7 Å². The predicted molar refractivity (Wildman–Crippen MR) is 107 cm³/mol. The van der Waals surface area contributed by atoms with Gasteiger partial charge in [-0.3, -0.25) is 0 Å². The van der Waals surface area contributed by atoms with Crippen LogP contribution in [0.2, 0.25) is 0 Å². The molecule has 1 atom stereocenters. The standard InChI is InChI=1S/C15H8NS2.C5H10O2.Ir/c1-2-4-12-10(3-1)9-14(18-12)15-11-6-8-17-13(11)5-7-16-15;1-4(6)3-5(2)7;/h1-8H;3-4,6-7H,1-2H3;/q-1;;. The molecule has 2 N–H and O–H groups in total. The second-order valence-electron chi connectivity index (χ2n) is 5.59. The number of hydrogen-bond acceptors (Lipinski definition) is 5. The summed E-state index contributed by atoms with van der Waals surface area (Å²) < 4.78 is 2.55. The van der Waals surface area contributed by atoms with Crippen molar-refractivity contribution in [3.05, 3.63) is 65.9 Å². The average molecular weight is 561 g/mol. The van der Waals surface area contributed by atoms with E-state index >= 15 is 0 Å². The second-order valence-corrected chi connectivity index (χ2v) is 7.59. The molecule has 4 rings (SSSR count). The Labute approximate surface area is 174 Å². The molecule has 137 valence electrons. The van der Waals surface area contributed by atoms with Crippen LogP contribution in [0.3, 0.4) is 0 Å². The van der Waals surface area contributed by atoms with Crippen molar-refractivity contribution in [2.45, 2.75) is 20.0 Å². The largest absolute Gasteiger partial charge is 0.513 e. The van der Waals surface area contributed by atoms with E-state index < -0.39 is 6.10 Å². The van der Waals surface area contributed by atoms with E-state index in [9.17, 15) is 0 Å². The molecule has 0 saturated heterocycles. The van der Waals surface area contributed by atoms with E-state index in [2.05, 4.69) is 46.8 Å². The van der Waals surface area contributed by atoms with E-state index in [1.165, 1.54) is 33.2 Å². The van der Waals surface area contributed by atoms with Gasteiger partial charge in [0.05, 0.1) is 11.9 Å². The number of thiophene rings is 2. The minimum absolute atomic E-state index is 0. The molecule has 26 heavy (non-hydrogen) atoms. The SMILES string of the molecule is CC(O)=CC(C)O.[Ir].[c-]1c(-c2nccc3sccc23)sc2ccccc12. The summed E-state index contributed by atoms with van der Waals surface area (Å²) in [6, 6.07) is 16.0. The summed E-state index contributed by atoms with van der Waals surface area (Å²) in [5.41, 5.74) is 1.05. The summed E-state index contributed by atoms with van der Waals surface area (Å²) >= 11 is 3.51. The number of aliphatic hydroxyl groups is 2. The maximum atomic E-state index is 8.49. The first-order valence-electron chi connectivity index (χ1n) is 7.83. The summed E-state index contributed by atoms with van der Waals surface area (Å²) in [4.78, 5) is 5.66. The molecule has 3 heterocycles. The smallest absolute Gasteiger partial charge is 0.0877 e. The van der Waals surface area contributed by atoms with Crippen molar-refractivity contribution < 1.29 is 30.3 Å². The predicted octanol–water partition coefficient (Wildman–Crippen LogP) is 5.80. The number of rotatable bonds is 2. The summed E-state index contributed by atoms with van der Waals surface area (Å²) in [5, 5.41) is 21.4. The van der Waals surface area contributed by atoms with Gasteiger partial charge in [0.25, 0.3) is 0 Å². The fourth-order valence-corrected chi connectivity index (χ4v) is 4.25. The van der Waals surface area contributed by atoms with Gasteiger partial charge in [-0.15, -0.1) is 34.9 Å². The van der Waals surface area contributed by atoms with Gasteiger partial charge in [0.2, 0.25) is 0 Å². The van der Waals surface area contributed by atoms with Crippen LogP contribution in [-0.2, 0) is 20.1 Å². The van der Waals surface area contributed by atoms with Crippen molar-refractivity contribution in [2.24, 2.45) is 0 Å². The van der Waals surface area contributed by atoms with E-state index in [1.54, 1.807) is 29.6 Å². The number of nitrogens with zero attached hydrogens (tertiary/aromatic N) is 1. The summed E-state index contributed by atoms with van der Waals surface area (Å²) in [6.45, 7) is 3.10. The Kier molecular flexibility index (Phi) is 7.50. The van der Waals surface area contributed by atoms with Gasteiger partial charge in [-0.25, -0.2) is 11.3 Å². The first-order chi connectivity index (χ1) is 12.0. The topological polar surface area (TPSA) is 53.4 Å². The Morgan fingerprint density at radius 1 is 1.19 bits per heavy atom. The van der Waals surface area contributed by atoms with Crippen LogP contribution < -0.4 is 0 Å². The maximum absolute atomic E-state index is 8.49. The zero-order valence-corrected chi connectivity index (χ0v) is 18.3. The van der Waals surface area contributed by atoms with E-state index in [-0.39, 0.29) is 25.9 Å². The van der Waals surface area contributed by atoms with Crippen LogP contribution in [0.1, 0.15) is 13.8 Å². The van der Waals surface area contributed by atoms with Crippen molar-refractivity contribution in [2.75, 3.05) is 0 Å². The Morgan fingerprint density at radius 2 is 1.96 bits per heavy atom. The molecule has 3 nitrogen and oxygen atoms in total. The molecule has 6 heteroatoms. The summed E-state index contributed by atoms with van der Waals surface area (Å²) in [5.74, 6) is 0.162. The molecule has 0 saturated carbocycles. The molecule has 0 spiro atoms. The molecular weight excluding hydrogens is 543 g/mol. The van der Waals surface area contributed by atoms with Crippen molar-refractivity contribution in [1.29, 1.82) is 0 Å². The molecule has 1 unspecified atom stereocenters. The third-order valence-electron chi connectivity index (χ3n) is 3.42. The van der Waals surface area contributed by atoms with Crippen molar-refractivity contribution in [3.8, 4) is 10.6 Å². The molecule has 1 aromatic carbocycles. The third-order valence-corrected chi connectivity index (χ3v) is 5.38. The zero-order valence-electron chi connectivity index (χ0n) is 14.3. The van der Waals surface area contributed by atoms with Gasteiger partial charge in [0.1, 0.15) is 0 Å². The van der Waals surface area contributed by atoms with Crippen LogP contribution in [-0.4, -0.2) is 21.3 Å². The Hall–Kier alpha value is -1.56. The molecule has 0 aliphatic heterocycles. The Balaban J connectivity index is 0.000000265. The van der Waals surface area contributed by atoms with Gasteiger partial charge in [0, 0.05) is 36.7 Å². The minimum Gasteiger partial charge on any atom is -0.513 e. The number of aliphatic hydroxyl groups excluding tert-OH is 2. The van der Waals surface area contributed by atoms with E-state index in [4.69, 9.17) is 10.2 Å². The van der Waals surface area contributed by atoms with Gasteiger partial charge >= 0.3 is 0 Å². The van der Waals surface area contributed by atoms with E-state index in [1.807, 2.05) is 12.3 Å². The maximum Gasteiger partial charge on any atom is 0.0877 e. The van der Waals surface area contributed by atoms with Gasteiger partial charge < -0.3 is 15.2 Å². The molecule has 0 fully saturated rings. The normalized spacial score (nSPS) is 12.3. The molecule has 3 aromatic heterocycles. The van der Waals surface area contributed by atoms with Crippen molar-refractivity contribution >= 4 is 42.8 Å². The first kappa shape index (κ1) is 20.7. The van der Waals surface area contributed by atoms with Crippen LogP contribution in [0.4, 0.5) is 0 Å². The minimum atomic E-state index is -0.537. The van der Waals surface area contributed by atoms with Gasteiger partial charge in [-0.05, 0) is 46.3 Å². The number of allylic oxidation sites excluding steroid dienone is 1. The van der Waals surface area contributed by atoms with Crippen molar-refractivity contribution in [1.82, 2.24) is 4.98 Å². The molecule has 0 bridgehead atoms. The van der Waals surface area contributed by atoms with Gasteiger partial charge in [-0.2, -0.15) is 0 Å². The molecule has 0 aliphatic rings. The Morgan fingerprint density at radius 3 is 2.62 bits per heavy atom. The number of hydrogen-bond donors (Lipinski definition) is 2. The monoisotopic (exact) mass is 561 g/mol. The van der Waals surface area contributed by atoms with Gasteiger partial charge in [-0.1, -0.05) is 18.2 Å². The fraction of sp³-hybridized carbons (Fsp3) is 0.150. The second kappa shape index (κ2) is 9.40. The first-order valence-corrected chi connectivity index (χ1v) is 9.53. The average Bonchev–Trinajstić information content (AvgIpc) is 3.20. The molecular formula is C20H18IrNO2S2-. The molecule has 0 amide bonds. The third kappa shape index (κ3) is 5.00. The Bertz CT molecular complexity index is 984.